The molecule has 1 aromatic heterocycles. The first-order chi connectivity index (χ1) is 8.72. The minimum absolute atomic E-state index is 0. The van der Waals surface area contributed by atoms with E-state index in [1.54, 1.807) is 0 Å². The van der Waals surface area contributed by atoms with Crippen molar-refractivity contribution >= 4 is 15.9 Å². The minimum Gasteiger partial charge on any atom is -0.849 e. The van der Waals surface area contributed by atoms with Gasteiger partial charge in [0, 0.05) is 10.0 Å². The van der Waals surface area contributed by atoms with E-state index in [9.17, 15) is 5.11 Å². The number of halogens is 1. The topological polar surface area (TPSA) is 77.5 Å². The monoisotopic (exact) mass is 348 g/mol. The maximum absolute atomic E-state index is 12.2. The van der Waals surface area contributed by atoms with Gasteiger partial charge in [-0.2, -0.15) is 5.21 Å². The third-order valence-electron chi connectivity index (χ3n) is 2.77. The number of rotatable bonds is 5. The summed E-state index contributed by atoms with van der Waals surface area (Å²) in [7, 11) is 0. The van der Waals surface area contributed by atoms with Gasteiger partial charge in [0.2, 0.25) is 5.82 Å². The van der Waals surface area contributed by atoms with Gasteiger partial charge in [0.05, 0.1) is 0 Å². The van der Waals surface area contributed by atoms with Gasteiger partial charge in [-0.1, -0.05) is 59.8 Å². The first kappa shape index (κ1) is 17.4. The molecule has 2 rings (SSSR count). The van der Waals surface area contributed by atoms with E-state index in [0.717, 1.165) is 28.4 Å². The molecule has 0 aliphatic heterocycles. The summed E-state index contributed by atoms with van der Waals surface area (Å²) < 4.78 is 0.897. The summed E-state index contributed by atoms with van der Waals surface area (Å²) in [5, 5.41) is 26.0. The first-order valence-corrected chi connectivity index (χ1v) is 6.70. The molecule has 0 radical (unpaired) electrons. The molecule has 5 nitrogen and oxygen atoms in total. The van der Waals surface area contributed by atoms with Crippen molar-refractivity contribution < 1.29 is 56.5 Å². The van der Waals surface area contributed by atoms with Crippen LogP contribution in [0, 0.1) is 0 Å². The van der Waals surface area contributed by atoms with Crippen LogP contribution in [-0.2, 0) is 0 Å². The Bertz CT molecular complexity index is 506. The van der Waals surface area contributed by atoms with Crippen LogP contribution in [-0.4, -0.2) is 20.6 Å². The SMILES string of the molecule is CCCCC([O-])c1ccc(Br)cc1-c1nn[nH]n1.[K+]. The van der Waals surface area contributed by atoms with E-state index in [4.69, 9.17) is 0 Å². The summed E-state index contributed by atoms with van der Waals surface area (Å²) >= 11 is 3.40. The molecule has 19 heavy (non-hydrogen) atoms. The molecule has 1 heterocycles. The molecule has 1 aromatic carbocycles. The molecular formula is C12H14BrKN4O. The van der Waals surface area contributed by atoms with Gasteiger partial charge >= 0.3 is 51.4 Å². The number of benzene rings is 1. The second-order valence-electron chi connectivity index (χ2n) is 4.10. The van der Waals surface area contributed by atoms with Crippen LogP contribution in [0.25, 0.3) is 11.4 Å². The zero-order valence-electron chi connectivity index (χ0n) is 11.1. The largest absolute Gasteiger partial charge is 1.00 e. The Morgan fingerprint density at radius 3 is 2.84 bits per heavy atom. The molecule has 0 aliphatic carbocycles. The zero-order valence-corrected chi connectivity index (χ0v) is 15.8. The summed E-state index contributed by atoms with van der Waals surface area (Å²) in [6.07, 6.45) is 1.83. The molecule has 0 aliphatic rings. The van der Waals surface area contributed by atoms with Gasteiger partial charge in [0.15, 0.2) is 0 Å². The molecule has 0 spiro atoms. The van der Waals surface area contributed by atoms with Crippen LogP contribution in [0.15, 0.2) is 22.7 Å². The standard InChI is InChI=1S/C12H14BrN4O.K/c1-2-3-4-11(18)9-6-5-8(13)7-10(9)12-14-16-17-15-12;/h5-7,11H,2-4H2,1H3,(H,14,15,16,17);/q-1;+1. The van der Waals surface area contributed by atoms with E-state index in [2.05, 4.69) is 43.5 Å². The average molecular weight is 349 g/mol. The van der Waals surface area contributed by atoms with Crippen molar-refractivity contribution in [3.63, 3.8) is 0 Å². The van der Waals surface area contributed by atoms with Crippen LogP contribution in [0.2, 0.25) is 0 Å². The first-order valence-electron chi connectivity index (χ1n) is 5.91. The predicted octanol–water partition coefficient (Wildman–Crippen LogP) is -0.775. The smallest absolute Gasteiger partial charge is 0.849 e. The molecule has 2 aromatic rings. The van der Waals surface area contributed by atoms with Gasteiger partial charge in [-0.05, 0) is 17.3 Å². The van der Waals surface area contributed by atoms with Crippen LogP contribution in [0.4, 0.5) is 0 Å². The number of unbranched alkanes of at least 4 members (excludes halogenated alkanes) is 1. The molecule has 96 valence electrons. The Kier molecular flexibility index (Phi) is 7.89. The van der Waals surface area contributed by atoms with E-state index >= 15 is 0 Å². The number of nitrogens with zero attached hydrogens (tertiary/aromatic N) is 3. The van der Waals surface area contributed by atoms with Crippen molar-refractivity contribution in [2.45, 2.75) is 32.3 Å². The molecule has 0 bridgehead atoms. The maximum atomic E-state index is 12.2. The van der Waals surface area contributed by atoms with Crippen LogP contribution < -0.4 is 56.5 Å². The third kappa shape index (κ3) is 4.70. The second-order valence-corrected chi connectivity index (χ2v) is 5.01. The average Bonchev–Trinajstić information content (AvgIpc) is 2.89. The van der Waals surface area contributed by atoms with Gasteiger partial charge < -0.3 is 5.11 Å². The molecule has 0 saturated heterocycles. The Labute approximate surface area is 163 Å². The van der Waals surface area contributed by atoms with Crippen molar-refractivity contribution in [3.8, 4) is 11.4 Å². The summed E-state index contributed by atoms with van der Waals surface area (Å²) in [5.41, 5.74) is 1.47. The molecule has 1 unspecified atom stereocenters. The second kappa shape index (κ2) is 8.61. The number of hydrogen-bond donors (Lipinski definition) is 1. The molecule has 1 N–H and O–H groups in total. The van der Waals surface area contributed by atoms with Gasteiger partial charge in [-0.15, -0.1) is 10.2 Å². The summed E-state index contributed by atoms with van der Waals surface area (Å²) in [4.78, 5) is 0. The molecule has 7 heteroatoms. The normalized spacial score (nSPS) is 11.9. The van der Waals surface area contributed by atoms with Crippen molar-refractivity contribution in [3.05, 3.63) is 28.2 Å². The van der Waals surface area contributed by atoms with Crippen LogP contribution >= 0.6 is 15.9 Å². The maximum Gasteiger partial charge on any atom is 1.00 e. The van der Waals surface area contributed by atoms with E-state index in [-0.39, 0.29) is 51.4 Å². The molecular weight excluding hydrogens is 335 g/mol. The van der Waals surface area contributed by atoms with Crippen LogP contribution in [0.3, 0.4) is 0 Å². The van der Waals surface area contributed by atoms with Crippen LogP contribution in [0.5, 0.6) is 0 Å². The van der Waals surface area contributed by atoms with E-state index in [1.165, 1.54) is 0 Å². The van der Waals surface area contributed by atoms with Crippen molar-refractivity contribution in [1.29, 1.82) is 0 Å². The van der Waals surface area contributed by atoms with E-state index < -0.39 is 6.10 Å². The Morgan fingerprint density at radius 2 is 2.21 bits per heavy atom. The van der Waals surface area contributed by atoms with Gasteiger partial charge in [-0.3, -0.25) is 0 Å². The molecule has 0 fully saturated rings. The van der Waals surface area contributed by atoms with Crippen molar-refractivity contribution in [1.82, 2.24) is 20.6 Å². The molecule has 0 saturated carbocycles. The van der Waals surface area contributed by atoms with Gasteiger partial charge in [0.1, 0.15) is 0 Å². The minimum atomic E-state index is -0.744. The van der Waals surface area contributed by atoms with Crippen molar-refractivity contribution in [2.75, 3.05) is 0 Å². The quantitative estimate of drug-likeness (QED) is 0.719. The predicted molar refractivity (Wildman–Crippen MR) is 69.6 cm³/mol. The number of hydrogen-bond acceptors (Lipinski definition) is 4. The number of nitrogens with one attached hydrogen (secondary N) is 1. The number of aromatic amines is 1. The van der Waals surface area contributed by atoms with E-state index in [1.807, 2.05) is 18.2 Å². The fourth-order valence-electron chi connectivity index (χ4n) is 1.82. The molecule has 1 atom stereocenters. The van der Waals surface area contributed by atoms with Gasteiger partial charge in [0.25, 0.3) is 0 Å². The summed E-state index contributed by atoms with van der Waals surface area (Å²) in [6, 6.07) is 5.57. The third-order valence-corrected chi connectivity index (χ3v) is 3.26. The fourth-order valence-corrected chi connectivity index (χ4v) is 2.18. The van der Waals surface area contributed by atoms with Gasteiger partial charge in [-0.25, -0.2) is 0 Å². The Balaban J connectivity index is 0.00000180. The Hall–Kier alpha value is 0.366. The van der Waals surface area contributed by atoms with Crippen LogP contribution in [0.1, 0.15) is 37.9 Å². The number of aromatic nitrogens is 4. The van der Waals surface area contributed by atoms with Crippen molar-refractivity contribution in [2.24, 2.45) is 0 Å². The van der Waals surface area contributed by atoms with E-state index in [0.29, 0.717) is 12.2 Å². The summed E-state index contributed by atoms with van der Waals surface area (Å²) in [6.45, 7) is 2.08. The number of tetrazole rings is 1. The zero-order chi connectivity index (χ0) is 13.0. The number of H-pyrrole nitrogens is 1. The molecule has 0 amide bonds. The summed E-state index contributed by atoms with van der Waals surface area (Å²) in [5.74, 6) is 0.462. The Morgan fingerprint density at radius 1 is 1.42 bits per heavy atom. The fraction of sp³-hybridized carbons (Fsp3) is 0.417.